The van der Waals surface area contributed by atoms with Gasteiger partial charge in [0, 0.05) is 5.69 Å². The van der Waals surface area contributed by atoms with Gasteiger partial charge >= 0.3 is 0 Å². The first-order valence-corrected chi connectivity index (χ1v) is 5.03. The minimum atomic E-state index is -0.215. The molecule has 0 heterocycles. The maximum Gasteiger partial charge on any atom is 0.262 e. The van der Waals surface area contributed by atoms with E-state index in [0.29, 0.717) is 4.48 Å². The average molecular weight is 254 g/mol. The van der Waals surface area contributed by atoms with E-state index in [0.717, 1.165) is 11.3 Å². The van der Waals surface area contributed by atoms with Crippen LogP contribution in [-0.2, 0) is 4.79 Å². The zero-order chi connectivity index (χ0) is 10.7. The third kappa shape index (κ3) is 2.70. The summed E-state index contributed by atoms with van der Waals surface area (Å²) in [6.45, 7) is 7.54. The third-order valence-electron chi connectivity index (χ3n) is 2.01. The molecule has 0 saturated carbocycles. The highest BCUT2D eigenvalue weighted by molar-refractivity contribution is 9.12. The van der Waals surface area contributed by atoms with Crippen LogP contribution in [-0.4, -0.2) is 5.91 Å². The number of carbonyl (C=O) groups excluding carboxylic acids is 1. The van der Waals surface area contributed by atoms with E-state index in [2.05, 4.69) is 27.8 Å². The minimum Gasteiger partial charge on any atom is -0.322 e. The summed E-state index contributed by atoms with van der Waals surface area (Å²) in [5.74, 6) is -0.215. The Morgan fingerprint density at radius 1 is 1.36 bits per heavy atom. The van der Waals surface area contributed by atoms with Crippen molar-refractivity contribution in [3.63, 3.8) is 0 Å². The van der Waals surface area contributed by atoms with Gasteiger partial charge in [0.15, 0.2) is 0 Å². The molecule has 0 spiro atoms. The standard InChI is InChI=1S/C11H12BrNO/c1-7-4-5-10(6-8(7)2)13-11(14)9(3)12/h4-6H,3H2,1-2H3,(H,13,14). The number of anilines is 1. The maximum absolute atomic E-state index is 11.3. The molecule has 14 heavy (non-hydrogen) atoms. The Bertz CT molecular complexity index is 385. The summed E-state index contributed by atoms with van der Waals surface area (Å²) in [7, 11) is 0. The van der Waals surface area contributed by atoms with Crippen molar-refractivity contribution in [3.05, 3.63) is 40.4 Å². The van der Waals surface area contributed by atoms with Gasteiger partial charge in [-0.2, -0.15) is 0 Å². The molecule has 74 valence electrons. The van der Waals surface area contributed by atoms with Gasteiger partial charge in [0.2, 0.25) is 0 Å². The molecule has 0 bridgehead atoms. The van der Waals surface area contributed by atoms with Gasteiger partial charge < -0.3 is 5.32 Å². The van der Waals surface area contributed by atoms with Gasteiger partial charge in [-0.15, -0.1) is 0 Å². The van der Waals surface area contributed by atoms with E-state index in [1.54, 1.807) is 0 Å². The van der Waals surface area contributed by atoms with Crippen molar-refractivity contribution >= 4 is 27.5 Å². The third-order valence-corrected chi connectivity index (χ3v) is 2.37. The summed E-state index contributed by atoms with van der Waals surface area (Å²) < 4.78 is 0.329. The number of carbonyl (C=O) groups is 1. The lowest BCUT2D eigenvalue weighted by Gasteiger charge is -2.06. The fourth-order valence-electron chi connectivity index (χ4n) is 1.02. The summed E-state index contributed by atoms with van der Waals surface area (Å²) in [5, 5.41) is 2.72. The Hall–Kier alpha value is -1.09. The molecular weight excluding hydrogens is 242 g/mol. The smallest absolute Gasteiger partial charge is 0.262 e. The van der Waals surface area contributed by atoms with Crippen molar-refractivity contribution in [2.45, 2.75) is 13.8 Å². The SMILES string of the molecule is C=C(Br)C(=O)Nc1ccc(C)c(C)c1. The second kappa shape index (κ2) is 4.42. The molecule has 1 aromatic carbocycles. The number of benzene rings is 1. The van der Waals surface area contributed by atoms with Gasteiger partial charge in [0.05, 0.1) is 4.48 Å². The van der Waals surface area contributed by atoms with Gasteiger partial charge in [0.25, 0.3) is 5.91 Å². The van der Waals surface area contributed by atoms with Crippen LogP contribution in [0.5, 0.6) is 0 Å². The fraction of sp³-hybridized carbons (Fsp3) is 0.182. The Morgan fingerprint density at radius 3 is 2.50 bits per heavy atom. The number of amides is 1. The van der Waals surface area contributed by atoms with E-state index in [4.69, 9.17) is 0 Å². The molecular formula is C11H12BrNO. The molecule has 0 aromatic heterocycles. The van der Waals surface area contributed by atoms with Gasteiger partial charge in [0.1, 0.15) is 0 Å². The summed E-state index contributed by atoms with van der Waals surface area (Å²) in [5.41, 5.74) is 3.15. The second-order valence-corrected chi connectivity index (χ2v) is 4.12. The Balaban J connectivity index is 2.83. The molecule has 0 aliphatic rings. The fourth-order valence-corrected chi connectivity index (χ4v) is 1.12. The minimum absolute atomic E-state index is 0.215. The van der Waals surface area contributed by atoms with Crippen LogP contribution in [0.2, 0.25) is 0 Å². The first-order chi connectivity index (χ1) is 6.50. The zero-order valence-electron chi connectivity index (χ0n) is 8.23. The van der Waals surface area contributed by atoms with Crippen LogP contribution in [0.4, 0.5) is 5.69 Å². The van der Waals surface area contributed by atoms with Crippen molar-refractivity contribution in [1.82, 2.24) is 0 Å². The Kier molecular flexibility index (Phi) is 3.47. The zero-order valence-corrected chi connectivity index (χ0v) is 9.81. The van der Waals surface area contributed by atoms with Crippen LogP contribution in [0.25, 0.3) is 0 Å². The van der Waals surface area contributed by atoms with Crippen LogP contribution >= 0.6 is 15.9 Å². The quantitative estimate of drug-likeness (QED) is 0.807. The van der Waals surface area contributed by atoms with Crippen LogP contribution in [0.1, 0.15) is 11.1 Å². The lowest BCUT2D eigenvalue weighted by Crippen LogP contribution is -2.10. The predicted molar refractivity (Wildman–Crippen MR) is 62.6 cm³/mol. The van der Waals surface area contributed by atoms with E-state index >= 15 is 0 Å². The number of hydrogen-bond acceptors (Lipinski definition) is 1. The van der Waals surface area contributed by atoms with Crippen molar-refractivity contribution in [2.75, 3.05) is 5.32 Å². The highest BCUT2D eigenvalue weighted by Crippen LogP contribution is 2.15. The lowest BCUT2D eigenvalue weighted by molar-refractivity contribution is -0.112. The molecule has 2 nitrogen and oxygen atoms in total. The van der Waals surface area contributed by atoms with Crippen molar-refractivity contribution in [2.24, 2.45) is 0 Å². The molecule has 3 heteroatoms. The highest BCUT2D eigenvalue weighted by atomic mass is 79.9. The van der Waals surface area contributed by atoms with Crippen LogP contribution < -0.4 is 5.32 Å². The normalized spacial score (nSPS) is 9.64. The highest BCUT2D eigenvalue weighted by Gasteiger charge is 2.04. The number of halogens is 1. The molecule has 0 saturated heterocycles. The number of hydrogen-bond donors (Lipinski definition) is 1. The molecule has 1 aromatic rings. The molecule has 0 unspecified atom stereocenters. The summed E-state index contributed by atoms with van der Waals surface area (Å²) >= 11 is 3.02. The van der Waals surface area contributed by atoms with E-state index in [1.807, 2.05) is 32.0 Å². The number of rotatable bonds is 2. The average Bonchev–Trinajstić information content (AvgIpc) is 2.11. The molecule has 0 fully saturated rings. The van der Waals surface area contributed by atoms with Crippen LogP contribution in [0.3, 0.4) is 0 Å². The van der Waals surface area contributed by atoms with Gasteiger partial charge in [-0.05, 0) is 53.0 Å². The largest absolute Gasteiger partial charge is 0.322 e. The van der Waals surface area contributed by atoms with E-state index < -0.39 is 0 Å². The topological polar surface area (TPSA) is 29.1 Å². The Morgan fingerprint density at radius 2 is 2.00 bits per heavy atom. The number of nitrogens with one attached hydrogen (secondary N) is 1. The molecule has 1 N–H and O–H groups in total. The predicted octanol–water partition coefficient (Wildman–Crippen LogP) is 3.15. The summed E-state index contributed by atoms with van der Waals surface area (Å²) in [6.07, 6.45) is 0. The van der Waals surface area contributed by atoms with Crippen molar-refractivity contribution < 1.29 is 4.79 Å². The first kappa shape index (κ1) is 11.0. The molecule has 1 rings (SSSR count). The molecule has 1 amide bonds. The first-order valence-electron chi connectivity index (χ1n) is 4.23. The van der Waals surface area contributed by atoms with Crippen LogP contribution in [0, 0.1) is 13.8 Å². The van der Waals surface area contributed by atoms with Crippen LogP contribution in [0.15, 0.2) is 29.3 Å². The molecule has 0 aliphatic heterocycles. The van der Waals surface area contributed by atoms with Gasteiger partial charge in [-0.3, -0.25) is 4.79 Å². The summed E-state index contributed by atoms with van der Waals surface area (Å²) in [4.78, 5) is 11.3. The van der Waals surface area contributed by atoms with E-state index in [1.165, 1.54) is 5.56 Å². The van der Waals surface area contributed by atoms with E-state index in [9.17, 15) is 4.79 Å². The van der Waals surface area contributed by atoms with E-state index in [-0.39, 0.29) is 5.91 Å². The molecule has 0 radical (unpaired) electrons. The van der Waals surface area contributed by atoms with Gasteiger partial charge in [-0.25, -0.2) is 0 Å². The van der Waals surface area contributed by atoms with Gasteiger partial charge in [-0.1, -0.05) is 12.6 Å². The monoisotopic (exact) mass is 253 g/mol. The lowest BCUT2D eigenvalue weighted by atomic mass is 10.1. The molecule has 0 atom stereocenters. The van der Waals surface area contributed by atoms with Crippen molar-refractivity contribution in [3.8, 4) is 0 Å². The number of aryl methyl sites for hydroxylation is 2. The molecule has 0 aliphatic carbocycles. The Labute approximate surface area is 92.1 Å². The summed E-state index contributed by atoms with van der Waals surface area (Å²) in [6, 6.07) is 5.78. The van der Waals surface area contributed by atoms with Crippen molar-refractivity contribution in [1.29, 1.82) is 0 Å². The second-order valence-electron chi connectivity index (χ2n) is 3.16. The maximum atomic E-state index is 11.3.